The third-order valence-electron chi connectivity index (χ3n) is 3.74. The summed E-state index contributed by atoms with van der Waals surface area (Å²) in [4.78, 5) is 15.4. The van der Waals surface area contributed by atoms with Crippen molar-refractivity contribution in [1.29, 1.82) is 0 Å². The van der Waals surface area contributed by atoms with Gasteiger partial charge in [0.2, 0.25) is 5.82 Å². The molecule has 1 N–H and O–H groups in total. The first-order valence-electron chi connectivity index (χ1n) is 7.66. The topological polar surface area (TPSA) is 77.2 Å². The zero-order chi connectivity index (χ0) is 17.3. The molecule has 1 heterocycles. The normalized spacial score (nSPS) is 16.5. The maximum absolute atomic E-state index is 12.5. The van der Waals surface area contributed by atoms with E-state index < -0.39 is 18.4 Å². The van der Waals surface area contributed by atoms with Gasteiger partial charge in [-0.3, -0.25) is 0 Å². The molecular weight excluding hydrogens is 320 g/mol. The van der Waals surface area contributed by atoms with Crippen LogP contribution in [0, 0.1) is 0 Å². The van der Waals surface area contributed by atoms with Crippen molar-refractivity contribution in [2.24, 2.45) is 0 Å². The molecule has 1 atom stereocenters. The molecule has 1 aliphatic rings. The minimum absolute atomic E-state index is 0.123. The Morgan fingerprint density at radius 2 is 2.21 bits per heavy atom. The Morgan fingerprint density at radius 3 is 2.88 bits per heavy atom. The summed E-state index contributed by atoms with van der Waals surface area (Å²) in [6.07, 6.45) is -1.92. The molecule has 0 radical (unpaired) electrons. The van der Waals surface area contributed by atoms with Crippen molar-refractivity contribution in [2.45, 2.75) is 45.3 Å². The van der Waals surface area contributed by atoms with E-state index in [1.165, 1.54) is 0 Å². The second-order valence-corrected chi connectivity index (χ2v) is 5.86. The number of hydrogen-bond donors (Lipinski definition) is 1. The average molecular weight is 337 g/mol. The van der Waals surface area contributed by atoms with Crippen molar-refractivity contribution in [3.8, 4) is 11.4 Å². The number of fused-ring (bicyclic) bond motifs is 1. The molecule has 2 aromatic rings. The van der Waals surface area contributed by atoms with Crippen LogP contribution in [0.5, 0.6) is 0 Å². The van der Waals surface area contributed by atoms with Gasteiger partial charge in [0, 0.05) is 5.56 Å². The van der Waals surface area contributed by atoms with E-state index >= 15 is 0 Å². The Morgan fingerprint density at radius 1 is 1.42 bits per heavy atom. The van der Waals surface area contributed by atoms with Gasteiger partial charge < -0.3 is 14.6 Å². The van der Waals surface area contributed by atoms with E-state index in [-0.39, 0.29) is 18.0 Å². The van der Waals surface area contributed by atoms with Gasteiger partial charge in [-0.2, -0.15) is 13.8 Å². The van der Waals surface area contributed by atoms with Crippen LogP contribution in [0.2, 0.25) is 0 Å². The van der Waals surface area contributed by atoms with Crippen LogP contribution in [-0.4, -0.2) is 22.3 Å². The number of hydrogen-bond acceptors (Lipinski definition) is 5. The molecule has 0 aliphatic heterocycles. The number of nitrogens with zero attached hydrogens (tertiary/aromatic N) is 2. The van der Waals surface area contributed by atoms with E-state index in [0.717, 1.165) is 24.0 Å². The predicted molar refractivity (Wildman–Crippen MR) is 80.5 cm³/mol. The van der Waals surface area contributed by atoms with E-state index in [1.54, 1.807) is 19.9 Å². The summed E-state index contributed by atoms with van der Waals surface area (Å²) in [5.74, 6) is -0.565. The van der Waals surface area contributed by atoms with Gasteiger partial charge in [0.25, 0.3) is 5.89 Å². The molecule has 1 amide bonds. The lowest BCUT2D eigenvalue weighted by atomic mass is 10.0. The van der Waals surface area contributed by atoms with Gasteiger partial charge in [0.1, 0.15) is 0 Å². The lowest BCUT2D eigenvalue weighted by Crippen LogP contribution is -2.29. The standard InChI is InChI=1S/C16H17F2N3O3/c1-8(2)23-16(22)19-12-6-4-9-7-10(3-5-11(9)12)14-20-15(13(17)18)24-21-14/h3,5,7-8,12-13H,4,6H2,1-2H3,(H,19,22)/t12-/m1/s1. The van der Waals surface area contributed by atoms with E-state index in [0.29, 0.717) is 5.56 Å². The van der Waals surface area contributed by atoms with Gasteiger partial charge >= 0.3 is 12.5 Å². The number of alkyl halides is 2. The summed E-state index contributed by atoms with van der Waals surface area (Å²) in [6, 6.07) is 5.29. The summed E-state index contributed by atoms with van der Waals surface area (Å²) in [7, 11) is 0. The molecule has 24 heavy (non-hydrogen) atoms. The van der Waals surface area contributed by atoms with Crippen molar-refractivity contribution >= 4 is 6.09 Å². The van der Waals surface area contributed by atoms with Crippen LogP contribution in [0.4, 0.5) is 13.6 Å². The van der Waals surface area contributed by atoms with Gasteiger partial charge in [-0.15, -0.1) is 0 Å². The molecule has 8 heteroatoms. The summed E-state index contributed by atoms with van der Waals surface area (Å²) in [6.45, 7) is 3.57. The first-order chi connectivity index (χ1) is 11.4. The molecule has 3 rings (SSSR count). The van der Waals surface area contributed by atoms with E-state index in [9.17, 15) is 13.6 Å². The van der Waals surface area contributed by atoms with Crippen LogP contribution in [0.25, 0.3) is 11.4 Å². The Balaban J connectivity index is 1.76. The Bertz CT molecular complexity index is 746. The largest absolute Gasteiger partial charge is 0.447 e. The Labute approximate surface area is 137 Å². The average Bonchev–Trinajstić information content (AvgIpc) is 3.13. The maximum atomic E-state index is 12.5. The zero-order valence-electron chi connectivity index (χ0n) is 13.3. The maximum Gasteiger partial charge on any atom is 0.407 e. The molecule has 0 bridgehead atoms. The van der Waals surface area contributed by atoms with Crippen molar-refractivity contribution in [2.75, 3.05) is 0 Å². The molecule has 0 saturated heterocycles. The quantitative estimate of drug-likeness (QED) is 0.918. The second-order valence-electron chi connectivity index (χ2n) is 5.86. The monoisotopic (exact) mass is 337 g/mol. The number of nitrogens with one attached hydrogen (secondary N) is 1. The first kappa shape index (κ1) is 16.4. The highest BCUT2D eigenvalue weighted by atomic mass is 19.3. The van der Waals surface area contributed by atoms with Crippen molar-refractivity contribution in [1.82, 2.24) is 15.5 Å². The third kappa shape index (κ3) is 3.37. The number of carbonyl (C=O) groups excluding carboxylic acids is 1. The smallest absolute Gasteiger partial charge is 0.407 e. The van der Waals surface area contributed by atoms with Gasteiger partial charge in [-0.05, 0) is 43.9 Å². The minimum atomic E-state index is -2.79. The Kier molecular flexibility index (Phi) is 4.46. The Hall–Kier alpha value is -2.51. The molecule has 6 nitrogen and oxygen atoms in total. The predicted octanol–water partition coefficient (Wildman–Crippen LogP) is 3.80. The fourth-order valence-corrected chi connectivity index (χ4v) is 2.74. The number of halogens is 2. The summed E-state index contributed by atoms with van der Waals surface area (Å²) in [5.41, 5.74) is 2.61. The molecule has 0 saturated carbocycles. The van der Waals surface area contributed by atoms with Crippen LogP contribution in [0.3, 0.4) is 0 Å². The highest BCUT2D eigenvalue weighted by Crippen LogP contribution is 2.34. The van der Waals surface area contributed by atoms with E-state index in [2.05, 4.69) is 20.0 Å². The number of ether oxygens (including phenoxy) is 1. The fourth-order valence-electron chi connectivity index (χ4n) is 2.74. The summed E-state index contributed by atoms with van der Waals surface area (Å²) < 4.78 is 34.7. The molecule has 1 aromatic heterocycles. The minimum Gasteiger partial charge on any atom is -0.447 e. The number of aromatic nitrogens is 2. The van der Waals surface area contributed by atoms with E-state index in [4.69, 9.17) is 4.74 Å². The van der Waals surface area contributed by atoms with Crippen LogP contribution in [-0.2, 0) is 11.2 Å². The molecule has 0 spiro atoms. The van der Waals surface area contributed by atoms with Crippen molar-refractivity contribution in [3.05, 3.63) is 35.2 Å². The van der Waals surface area contributed by atoms with Crippen molar-refractivity contribution in [3.63, 3.8) is 0 Å². The molecular formula is C16H17F2N3O3. The number of carbonyl (C=O) groups is 1. The van der Waals surface area contributed by atoms with Crippen LogP contribution in [0.1, 0.15) is 49.8 Å². The summed E-state index contributed by atoms with van der Waals surface area (Å²) in [5, 5.41) is 6.41. The highest BCUT2D eigenvalue weighted by Gasteiger charge is 2.26. The number of aryl methyl sites for hydroxylation is 1. The fraction of sp³-hybridized carbons (Fsp3) is 0.438. The zero-order valence-corrected chi connectivity index (χ0v) is 13.3. The van der Waals surface area contributed by atoms with E-state index in [1.807, 2.05) is 12.1 Å². The molecule has 128 valence electrons. The number of alkyl carbamates (subject to hydrolysis) is 1. The van der Waals surface area contributed by atoms with Gasteiger partial charge in [0.05, 0.1) is 12.1 Å². The summed E-state index contributed by atoms with van der Waals surface area (Å²) >= 11 is 0. The molecule has 0 fully saturated rings. The van der Waals surface area contributed by atoms with Crippen molar-refractivity contribution < 1.29 is 22.8 Å². The van der Waals surface area contributed by atoms with Gasteiger partial charge in [-0.25, -0.2) is 4.79 Å². The van der Waals surface area contributed by atoms with Gasteiger partial charge in [-0.1, -0.05) is 17.3 Å². The second kappa shape index (κ2) is 6.54. The number of rotatable bonds is 4. The van der Waals surface area contributed by atoms with Crippen LogP contribution >= 0.6 is 0 Å². The molecule has 1 aliphatic carbocycles. The lowest BCUT2D eigenvalue weighted by molar-refractivity contribution is 0.106. The molecule has 0 unspecified atom stereocenters. The lowest BCUT2D eigenvalue weighted by Gasteiger charge is -2.15. The SMILES string of the molecule is CC(C)OC(=O)N[C@@H]1CCc2cc(-c3noc(C(F)F)n3)ccc21. The molecule has 1 aromatic carbocycles. The van der Waals surface area contributed by atoms with Crippen LogP contribution in [0.15, 0.2) is 22.7 Å². The first-order valence-corrected chi connectivity index (χ1v) is 7.66. The van der Waals surface area contributed by atoms with Crippen LogP contribution < -0.4 is 5.32 Å². The number of amides is 1. The number of benzene rings is 1. The highest BCUT2D eigenvalue weighted by molar-refractivity contribution is 5.69. The van der Waals surface area contributed by atoms with Gasteiger partial charge in [0.15, 0.2) is 0 Å². The third-order valence-corrected chi connectivity index (χ3v) is 3.74.